The lowest BCUT2D eigenvalue weighted by atomic mass is 9.70. The van der Waals surface area contributed by atoms with Crippen molar-refractivity contribution in [1.29, 1.82) is 0 Å². The molecule has 2 N–H and O–H groups in total. The molecule has 0 aromatic rings. The SMILES string of the molecule is CC1CC(C)C2(N)CC(C)C1C2. The van der Waals surface area contributed by atoms with Crippen LogP contribution >= 0.6 is 0 Å². The highest BCUT2D eigenvalue weighted by Gasteiger charge is 2.49. The Labute approximate surface area is 75.7 Å². The second-order valence-corrected chi connectivity index (χ2v) is 5.40. The van der Waals surface area contributed by atoms with Crippen molar-refractivity contribution in [3.63, 3.8) is 0 Å². The molecule has 12 heavy (non-hydrogen) atoms. The Hall–Kier alpha value is -0.0400. The molecular formula is C11H21N. The Morgan fingerprint density at radius 1 is 1.08 bits per heavy atom. The van der Waals surface area contributed by atoms with Crippen molar-refractivity contribution >= 4 is 0 Å². The first-order chi connectivity index (χ1) is 5.53. The summed E-state index contributed by atoms with van der Waals surface area (Å²) in [5.41, 5.74) is 6.60. The fourth-order valence-corrected chi connectivity index (χ4v) is 3.61. The van der Waals surface area contributed by atoms with E-state index in [0.717, 1.165) is 23.7 Å². The van der Waals surface area contributed by atoms with Gasteiger partial charge < -0.3 is 5.73 Å². The van der Waals surface area contributed by atoms with E-state index in [4.69, 9.17) is 5.73 Å². The first kappa shape index (κ1) is 8.55. The highest BCUT2D eigenvalue weighted by molar-refractivity contribution is 5.05. The van der Waals surface area contributed by atoms with E-state index >= 15 is 0 Å². The van der Waals surface area contributed by atoms with E-state index in [1.807, 2.05) is 0 Å². The summed E-state index contributed by atoms with van der Waals surface area (Å²) in [6.07, 6.45) is 3.91. The van der Waals surface area contributed by atoms with Gasteiger partial charge in [-0.3, -0.25) is 0 Å². The van der Waals surface area contributed by atoms with Gasteiger partial charge in [0.2, 0.25) is 0 Å². The van der Waals surface area contributed by atoms with Gasteiger partial charge in [-0.15, -0.1) is 0 Å². The fourth-order valence-electron chi connectivity index (χ4n) is 3.61. The molecule has 2 aliphatic rings. The summed E-state index contributed by atoms with van der Waals surface area (Å²) in [6.45, 7) is 7.13. The van der Waals surface area contributed by atoms with Crippen LogP contribution < -0.4 is 5.73 Å². The maximum absolute atomic E-state index is 6.40. The summed E-state index contributed by atoms with van der Waals surface area (Å²) < 4.78 is 0. The molecule has 1 nitrogen and oxygen atoms in total. The van der Waals surface area contributed by atoms with Crippen molar-refractivity contribution in [2.24, 2.45) is 29.4 Å². The van der Waals surface area contributed by atoms with E-state index in [-0.39, 0.29) is 5.54 Å². The predicted molar refractivity (Wildman–Crippen MR) is 51.8 cm³/mol. The minimum atomic E-state index is 0.205. The van der Waals surface area contributed by atoms with Gasteiger partial charge in [-0.25, -0.2) is 0 Å². The summed E-state index contributed by atoms with van der Waals surface area (Å²) in [6, 6.07) is 0. The second kappa shape index (κ2) is 2.47. The molecule has 0 spiro atoms. The molecule has 2 rings (SSSR count). The number of hydrogen-bond donors (Lipinski definition) is 1. The summed E-state index contributed by atoms with van der Waals surface area (Å²) in [7, 11) is 0. The molecular weight excluding hydrogens is 146 g/mol. The number of fused-ring (bicyclic) bond motifs is 2. The molecule has 2 bridgehead atoms. The van der Waals surface area contributed by atoms with Gasteiger partial charge in [-0.1, -0.05) is 20.8 Å². The van der Waals surface area contributed by atoms with Gasteiger partial charge in [-0.05, 0) is 42.9 Å². The largest absolute Gasteiger partial charge is 0.325 e. The first-order valence-electron chi connectivity index (χ1n) is 5.32. The fraction of sp³-hybridized carbons (Fsp3) is 1.00. The Bertz CT molecular complexity index is 185. The van der Waals surface area contributed by atoms with E-state index in [9.17, 15) is 0 Å². The van der Waals surface area contributed by atoms with Gasteiger partial charge in [0.25, 0.3) is 0 Å². The quantitative estimate of drug-likeness (QED) is 0.589. The minimum Gasteiger partial charge on any atom is -0.325 e. The van der Waals surface area contributed by atoms with Gasteiger partial charge in [0, 0.05) is 5.54 Å². The number of hydrogen-bond acceptors (Lipinski definition) is 1. The smallest absolute Gasteiger partial charge is 0.0185 e. The minimum absolute atomic E-state index is 0.205. The zero-order valence-corrected chi connectivity index (χ0v) is 8.51. The van der Waals surface area contributed by atoms with E-state index in [0.29, 0.717) is 0 Å². The van der Waals surface area contributed by atoms with Crippen molar-refractivity contribution in [2.45, 2.75) is 45.6 Å². The molecule has 0 aromatic carbocycles. The van der Waals surface area contributed by atoms with Crippen LogP contribution in [0.4, 0.5) is 0 Å². The monoisotopic (exact) mass is 167 g/mol. The molecule has 0 heterocycles. The summed E-state index contributed by atoms with van der Waals surface area (Å²) in [5, 5.41) is 0. The van der Waals surface area contributed by atoms with Crippen LogP contribution in [-0.4, -0.2) is 5.54 Å². The van der Waals surface area contributed by atoms with Crippen LogP contribution in [0.5, 0.6) is 0 Å². The van der Waals surface area contributed by atoms with Gasteiger partial charge in [0.1, 0.15) is 0 Å². The molecule has 2 aliphatic carbocycles. The van der Waals surface area contributed by atoms with Crippen LogP contribution in [0.3, 0.4) is 0 Å². The third-order valence-electron chi connectivity index (χ3n) is 4.49. The van der Waals surface area contributed by atoms with Gasteiger partial charge in [-0.2, -0.15) is 0 Å². The van der Waals surface area contributed by atoms with Crippen LogP contribution in [0.25, 0.3) is 0 Å². The van der Waals surface area contributed by atoms with Gasteiger partial charge >= 0.3 is 0 Å². The molecule has 2 saturated carbocycles. The van der Waals surface area contributed by atoms with E-state index in [2.05, 4.69) is 20.8 Å². The molecule has 5 unspecified atom stereocenters. The molecule has 1 heteroatoms. The molecule has 0 amide bonds. The number of rotatable bonds is 0. The van der Waals surface area contributed by atoms with Crippen molar-refractivity contribution in [3.05, 3.63) is 0 Å². The molecule has 70 valence electrons. The summed E-state index contributed by atoms with van der Waals surface area (Å²) >= 11 is 0. The lowest BCUT2D eigenvalue weighted by Crippen LogP contribution is -2.47. The van der Waals surface area contributed by atoms with Gasteiger partial charge in [0.05, 0.1) is 0 Å². The zero-order valence-electron chi connectivity index (χ0n) is 8.51. The normalized spacial score (nSPS) is 59.0. The maximum Gasteiger partial charge on any atom is 0.0185 e. The zero-order chi connectivity index (χ0) is 8.93. The van der Waals surface area contributed by atoms with Crippen LogP contribution in [0.2, 0.25) is 0 Å². The van der Waals surface area contributed by atoms with Crippen LogP contribution in [0.1, 0.15) is 40.0 Å². The van der Waals surface area contributed by atoms with Crippen LogP contribution in [0.15, 0.2) is 0 Å². The highest BCUT2D eigenvalue weighted by atomic mass is 14.8. The van der Waals surface area contributed by atoms with Crippen molar-refractivity contribution < 1.29 is 0 Å². The summed E-state index contributed by atoms with van der Waals surface area (Å²) in [4.78, 5) is 0. The van der Waals surface area contributed by atoms with Crippen molar-refractivity contribution in [3.8, 4) is 0 Å². The van der Waals surface area contributed by atoms with Gasteiger partial charge in [0.15, 0.2) is 0 Å². The first-order valence-corrected chi connectivity index (χ1v) is 5.32. The van der Waals surface area contributed by atoms with E-state index in [1.165, 1.54) is 19.3 Å². The van der Waals surface area contributed by atoms with Crippen molar-refractivity contribution in [1.82, 2.24) is 0 Å². The van der Waals surface area contributed by atoms with Crippen LogP contribution in [-0.2, 0) is 0 Å². The lowest BCUT2D eigenvalue weighted by molar-refractivity contribution is 0.159. The average molecular weight is 167 g/mol. The van der Waals surface area contributed by atoms with Crippen molar-refractivity contribution in [2.75, 3.05) is 0 Å². The standard InChI is InChI=1S/C11H21N/c1-7-4-9(3)11(12)5-8(2)10(7)6-11/h7-10H,4-6,12H2,1-3H3. The molecule has 5 atom stereocenters. The highest BCUT2D eigenvalue weighted by Crippen LogP contribution is 2.52. The Morgan fingerprint density at radius 3 is 2.42 bits per heavy atom. The molecule has 0 saturated heterocycles. The van der Waals surface area contributed by atoms with E-state index < -0.39 is 0 Å². The molecule has 2 fully saturated rings. The molecule has 0 aromatic heterocycles. The second-order valence-electron chi connectivity index (χ2n) is 5.40. The van der Waals surface area contributed by atoms with E-state index in [1.54, 1.807) is 0 Å². The third-order valence-corrected chi connectivity index (χ3v) is 4.49. The lowest BCUT2D eigenvalue weighted by Gasteiger charge is -2.39. The molecule has 0 radical (unpaired) electrons. The molecule has 0 aliphatic heterocycles. The topological polar surface area (TPSA) is 26.0 Å². The van der Waals surface area contributed by atoms with Crippen LogP contribution in [0, 0.1) is 23.7 Å². The average Bonchev–Trinajstić information content (AvgIpc) is 2.23. The Kier molecular flexibility index (Phi) is 1.76. The number of nitrogens with two attached hydrogens (primary N) is 1. The third kappa shape index (κ3) is 1.02. The predicted octanol–water partition coefficient (Wildman–Crippen LogP) is 2.41. The Balaban J connectivity index is 2.23. The Morgan fingerprint density at radius 2 is 1.75 bits per heavy atom. The summed E-state index contributed by atoms with van der Waals surface area (Å²) in [5.74, 6) is 3.45. The maximum atomic E-state index is 6.40.